The van der Waals surface area contributed by atoms with Gasteiger partial charge in [-0.25, -0.2) is 0 Å². The summed E-state index contributed by atoms with van der Waals surface area (Å²) in [5.74, 6) is 0. The van der Waals surface area contributed by atoms with Crippen LogP contribution in [0.4, 0.5) is 45.5 Å². The molecule has 0 atom stereocenters. The molecule has 2 aliphatic heterocycles. The highest BCUT2D eigenvalue weighted by Crippen LogP contribution is 2.66. The van der Waals surface area contributed by atoms with Gasteiger partial charge in [-0.15, -0.1) is 0 Å². The van der Waals surface area contributed by atoms with Crippen LogP contribution in [0.25, 0.3) is 27.5 Å². The lowest BCUT2D eigenvalue weighted by atomic mass is 10.1. The summed E-state index contributed by atoms with van der Waals surface area (Å²) in [6.45, 7) is 0. The Morgan fingerprint density at radius 2 is 0.508 bits per heavy atom. The number of hydrogen-bond donors (Lipinski definition) is 0. The van der Waals surface area contributed by atoms with Crippen molar-refractivity contribution in [1.82, 2.24) is 4.57 Å². The summed E-state index contributed by atoms with van der Waals surface area (Å²) in [5.41, 5.74) is 13.1. The number of rotatable bonds is 7. The van der Waals surface area contributed by atoms with Gasteiger partial charge in [0, 0.05) is 49.8 Å². The summed E-state index contributed by atoms with van der Waals surface area (Å²) in [6, 6.07) is 86.5. The standard InChI is InChI=1S/C54H39N5P2/c1-6-20-40(21-7-1)55-49-36-34-45(60-56(41-22-8-2-9-23-41)51-30-16-17-31-52(51)57(60)42-24-10-3-11-25-42)38-47(49)48-39-46(35-37-50(48)55)61-58(43-26-12-4-13-27-43)53-32-18-19-33-54(53)59(61)44-28-14-5-15-29-44/h1-39H. The number of benzene rings is 9. The van der Waals surface area contributed by atoms with Gasteiger partial charge in [0.25, 0.3) is 0 Å². The first kappa shape index (κ1) is 35.8. The van der Waals surface area contributed by atoms with Crippen LogP contribution in [0, 0.1) is 0 Å². The van der Waals surface area contributed by atoms with Crippen LogP contribution in [-0.4, -0.2) is 4.57 Å². The second-order valence-corrected chi connectivity index (χ2v) is 19.0. The van der Waals surface area contributed by atoms with Gasteiger partial charge in [0.2, 0.25) is 0 Å². The first-order valence-electron chi connectivity index (χ1n) is 20.6. The first-order chi connectivity index (χ1) is 30.3. The maximum Gasteiger partial charge on any atom is 0.138 e. The minimum atomic E-state index is -1.10. The van der Waals surface area contributed by atoms with E-state index in [1.54, 1.807) is 0 Å². The lowest BCUT2D eigenvalue weighted by molar-refractivity contribution is 1.18. The van der Waals surface area contributed by atoms with Gasteiger partial charge < -0.3 is 4.57 Å². The zero-order chi connectivity index (χ0) is 40.3. The van der Waals surface area contributed by atoms with Crippen LogP contribution in [0.1, 0.15) is 0 Å². The van der Waals surface area contributed by atoms with E-state index in [-0.39, 0.29) is 0 Å². The SMILES string of the molecule is c1ccc(N2c3ccccc3N(c3ccccc3)P2c2ccc3c(c2)c2cc(P4N(c5ccccc5)c5ccccc5N4c4ccccc4)ccc2n3-c2ccccc2)cc1. The molecule has 0 bridgehead atoms. The molecule has 0 unspecified atom stereocenters. The zero-order valence-corrected chi connectivity index (χ0v) is 34.9. The van der Waals surface area contributed by atoms with Crippen molar-refractivity contribution >= 4 is 94.4 Å². The summed E-state index contributed by atoms with van der Waals surface area (Å²) in [6.07, 6.45) is 0. The van der Waals surface area contributed by atoms with Gasteiger partial charge in [-0.3, -0.25) is 18.7 Å². The molecule has 5 nitrogen and oxygen atoms in total. The molecule has 1 aromatic heterocycles. The van der Waals surface area contributed by atoms with E-state index in [9.17, 15) is 0 Å². The average molecular weight is 820 g/mol. The van der Waals surface area contributed by atoms with E-state index in [4.69, 9.17) is 0 Å². The normalized spacial score (nSPS) is 14.0. The Kier molecular flexibility index (Phi) is 8.70. The minimum absolute atomic E-state index is 1.10. The van der Waals surface area contributed by atoms with Gasteiger partial charge in [-0.2, -0.15) is 0 Å². The van der Waals surface area contributed by atoms with Gasteiger partial charge in [0.1, 0.15) is 16.4 Å². The third-order valence-corrected chi connectivity index (χ3v) is 16.4. The summed E-state index contributed by atoms with van der Waals surface area (Å²) in [7, 11) is -2.20. The molecular formula is C54H39N5P2. The van der Waals surface area contributed by atoms with Crippen LogP contribution < -0.4 is 29.3 Å². The monoisotopic (exact) mass is 819 g/mol. The fourth-order valence-electron chi connectivity index (χ4n) is 9.07. The second-order valence-electron chi connectivity index (χ2n) is 15.2. The predicted molar refractivity (Wildman–Crippen MR) is 261 cm³/mol. The van der Waals surface area contributed by atoms with Crippen molar-refractivity contribution in [1.29, 1.82) is 0 Å². The maximum atomic E-state index is 2.56. The molecule has 9 aromatic carbocycles. The van der Waals surface area contributed by atoms with Crippen LogP contribution >= 0.6 is 16.4 Å². The molecule has 0 fully saturated rings. The number of hydrogen-bond acceptors (Lipinski definition) is 4. The molecule has 10 aromatic rings. The number of aromatic nitrogens is 1. The molecule has 0 N–H and O–H groups in total. The molecule has 3 heterocycles. The average Bonchev–Trinajstić information content (AvgIpc) is 3.99. The molecule has 61 heavy (non-hydrogen) atoms. The Morgan fingerprint density at radius 3 is 0.803 bits per heavy atom. The number of anilines is 8. The Hall–Kier alpha value is -7.16. The largest absolute Gasteiger partial charge is 0.309 e. The smallest absolute Gasteiger partial charge is 0.138 e. The van der Waals surface area contributed by atoms with Gasteiger partial charge in [0.05, 0.1) is 33.8 Å². The molecule has 2 aliphatic rings. The zero-order valence-electron chi connectivity index (χ0n) is 33.1. The van der Waals surface area contributed by atoms with Gasteiger partial charge in [-0.05, 0) is 121 Å². The third-order valence-electron chi connectivity index (χ3n) is 11.6. The van der Waals surface area contributed by atoms with Crippen LogP contribution in [0.15, 0.2) is 237 Å². The molecule has 0 saturated carbocycles. The summed E-state index contributed by atoms with van der Waals surface area (Å²) < 4.78 is 12.7. The van der Waals surface area contributed by atoms with Gasteiger partial charge >= 0.3 is 0 Å². The van der Waals surface area contributed by atoms with Gasteiger partial charge in [0.15, 0.2) is 0 Å². The highest BCUT2D eigenvalue weighted by molar-refractivity contribution is 7.70. The molecule has 0 aliphatic carbocycles. The Bertz CT molecular complexity index is 2850. The van der Waals surface area contributed by atoms with E-state index in [0.717, 1.165) is 5.69 Å². The van der Waals surface area contributed by atoms with Crippen molar-refractivity contribution in [2.24, 2.45) is 0 Å². The number of para-hydroxylation sites is 9. The fraction of sp³-hybridized carbons (Fsp3) is 0. The van der Waals surface area contributed by atoms with E-state index in [2.05, 4.69) is 260 Å². The van der Waals surface area contributed by atoms with Crippen molar-refractivity contribution in [3.8, 4) is 5.69 Å². The van der Waals surface area contributed by atoms with Crippen molar-refractivity contribution in [2.75, 3.05) is 18.7 Å². The van der Waals surface area contributed by atoms with Crippen LogP contribution in [0.3, 0.4) is 0 Å². The molecule has 7 heteroatoms. The Balaban J connectivity index is 1.11. The maximum absolute atomic E-state index is 2.56. The first-order valence-corrected chi connectivity index (χ1v) is 23.1. The molecule has 0 saturated heterocycles. The van der Waals surface area contributed by atoms with Crippen molar-refractivity contribution < 1.29 is 0 Å². The highest BCUT2D eigenvalue weighted by Gasteiger charge is 2.41. The van der Waals surface area contributed by atoms with E-state index in [1.807, 2.05) is 0 Å². The van der Waals surface area contributed by atoms with Crippen LogP contribution in [0.5, 0.6) is 0 Å². The molecule has 290 valence electrons. The number of nitrogens with zero attached hydrogens (tertiary/aromatic N) is 5. The molecule has 12 rings (SSSR count). The fourth-order valence-corrected chi connectivity index (χ4v) is 14.2. The minimum Gasteiger partial charge on any atom is -0.309 e. The lowest BCUT2D eigenvalue weighted by Crippen LogP contribution is -2.22. The third kappa shape index (κ3) is 5.85. The topological polar surface area (TPSA) is 17.9 Å². The summed E-state index contributed by atoms with van der Waals surface area (Å²) >= 11 is 0. The second kappa shape index (κ2) is 14.8. The summed E-state index contributed by atoms with van der Waals surface area (Å²) in [5, 5.41) is 5.03. The highest BCUT2D eigenvalue weighted by atomic mass is 31.1. The quantitative estimate of drug-likeness (QED) is 0.149. The molecular weight excluding hydrogens is 781 g/mol. The van der Waals surface area contributed by atoms with Gasteiger partial charge in [-0.1, -0.05) is 115 Å². The Labute approximate surface area is 358 Å². The van der Waals surface area contributed by atoms with E-state index < -0.39 is 16.4 Å². The molecule has 0 amide bonds. The molecule has 0 spiro atoms. The van der Waals surface area contributed by atoms with E-state index >= 15 is 0 Å². The van der Waals surface area contributed by atoms with Crippen LogP contribution in [-0.2, 0) is 0 Å². The van der Waals surface area contributed by atoms with Crippen molar-refractivity contribution in [3.63, 3.8) is 0 Å². The lowest BCUT2D eigenvalue weighted by Gasteiger charge is -2.33. The molecule has 0 radical (unpaired) electrons. The van der Waals surface area contributed by atoms with Crippen molar-refractivity contribution in [3.05, 3.63) is 237 Å². The van der Waals surface area contributed by atoms with Crippen LogP contribution in [0.2, 0.25) is 0 Å². The number of fused-ring (bicyclic) bond motifs is 5. The summed E-state index contributed by atoms with van der Waals surface area (Å²) in [4.78, 5) is 0. The van der Waals surface area contributed by atoms with E-state index in [1.165, 1.54) is 77.9 Å². The van der Waals surface area contributed by atoms with Crippen molar-refractivity contribution in [2.45, 2.75) is 0 Å². The van der Waals surface area contributed by atoms with E-state index in [0.29, 0.717) is 0 Å². The predicted octanol–water partition coefficient (Wildman–Crippen LogP) is 14.6. The Morgan fingerprint density at radius 1 is 0.246 bits per heavy atom.